The molecule has 0 saturated heterocycles. The number of anilines is 1. The lowest BCUT2D eigenvalue weighted by Crippen LogP contribution is -2.45. The van der Waals surface area contributed by atoms with Crippen LogP contribution in [0.25, 0.3) is 5.57 Å². The van der Waals surface area contributed by atoms with E-state index in [0.29, 0.717) is 11.6 Å². The van der Waals surface area contributed by atoms with Crippen molar-refractivity contribution in [3.63, 3.8) is 0 Å². The van der Waals surface area contributed by atoms with Gasteiger partial charge in [-0.3, -0.25) is 4.79 Å². The van der Waals surface area contributed by atoms with Gasteiger partial charge in [-0.15, -0.1) is 0 Å². The zero-order valence-corrected chi connectivity index (χ0v) is 17.5. The van der Waals surface area contributed by atoms with Gasteiger partial charge < -0.3 is 0 Å². The number of para-hydroxylation sites is 1. The van der Waals surface area contributed by atoms with Crippen molar-refractivity contribution in [2.45, 2.75) is 43.7 Å². The molecule has 0 spiro atoms. The maximum absolute atomic E-state index is 13.4. The van der Waals surface area contributed by atoms with Crippen LogP contribution >= 0.6 is 0 Å². The van der Waals surface area contributed by atoms with E-state index >= 15 is 0 Å². The van der Waals surface area contributed by atoms with E-state index in [9.17, 15) is 35.2 Å². The molecular formula is C21H18F5NO3S. The second-order valence-corrected chi connectivity index (χ2v) is 9.72. The number of allylic oxidation sites excluding steroid dienone is 1. The van der Waals surface area contributed by atoms with Gasteiger partial charge in [0.2, 0.25) is 0 Å². The highest BCUT2D eigenvalue weighted by molar-refractivity contribution is 7.93. The molecule has 0 atom stereocenters. The van der Waals surface area contributed by atoms with Crippen LogP contribution in [0.5, 0.6) is 0 Å². The Morgan fingerprint density at radius 3 is 2.16 bits per heavy atom. The monoisotopic (exact) mass is 459 g/mol. The molecule has 1 aliphatic heterocycles. The second-order valence-electron chi connectivity index (χ2n) is 7.97. The third-order valence-electron chi connectivity index (χ3n) is 4.79. The Balaban J connectivity index is 2.50. The van der Waals surface area contributed by atoms with E-state index in [2.05, 4.69) is 0 Å². The molecule has 0 aliphatic carbocycles. The number of rotatable bonds is 1. The number of fused-ring (bicyclic) bond motifs is 2. The number of hydrogen-bond acceptors (Lipinski definition) is 3. The molecule has 4 nitrogen and oxygen atoms in total. The van der Waals surface area contributed by atoms with E-state index in [1.54, 1.807) is 0 Å². The summed E-state index contributed by atoms with van der Waals surface area (Å²) in [7, 11) is -5.07. The molecular weight excluding hydrogens is 441 g/mol. The van der Waals surface area contributed by atoms with Gasteiger partial charge in [0.05, 0.1) is 10.6 Å². The fraction of sp³-hybridized carbons (Fsp3) is 0.286. The third-order valence-corrected chi connectivity index (χ3v) is 6.54. The number of alkyl halides is 5. The predicted octanol–water partition coefficient (Wildman–Crippen LogP) is 5.28. The summed E-state index contributed by atoms with van der Waals surface area (Å²) < 4.78 is 93.0. The first-order valence-electron chi connectivity index (χ1n) is 9.06. The lowest BCUT2D eigenvalue weighted by atomic mass is 9.84. The lowest BCUT2D eigenvalue weighted by Gasteiger charge is -2.24. The van der Waals surface area contributed by atoms with Crippen molar-refractivity contribution in [3.8, 4) is 0 Å². The van der Waals surface area contributed by atoms with Crippen molar-refractivity contribution in [2.75, 3.05) is 4.31 Å². The van der Waals surface area contributed by atoms with Crippen LogP contribution in [0, 0.1) is 0 Å². The maximum atomic E-state index is 13.4. The van der Waals surface area contributed by atoms with Crippen molar-refractivity contribution < 1.29 is 35.2 Å². The number of sulfonamides is 1. The molecule has 0 N–H and O–H groups in total. The Morgan fingerprint density at radius 1 is 1.00 bits per heavy atom. The molecule has 0 unspecified atom stereocenters. The molecule has 0 saturated carbocycles. The second kappa shape index (κ2) is 7.44. The summed E-state index contributed by atoms with van der Waals surface area (Å²) in [4.78, 5) is 11.5. The van der Waals surface area contributed by atoms with Gasteiger partial charge >= 0.3 is 12.1 Å². The standard InChI is InChI=1S/C21H18F5NO3S/c1-20(2,3)12-8-9-17-15(10-12)14(11-18(22)23)13-6-4-5-7-16(13)27(31(17,29)30)19(28)21(24,25)26/h4-11,18H,1-3H3/b14-11+. The van der Waals surface area contributed by atoms with E-state index in [4.69, 9.17) is 0 Å². The molecule has 2 aromatic carbocycles. The molecule has 2 aromatic rings. The van der Waals surface area contributed by atoms with E-state index in [0.717, 1.165) is 12.1 Å². The van der Waals surface area contributed by atoms with Crippen LogP contribution in [0.1, 0.15) is 37.5 Å². The minimum atomic E-state index is -5.51. The molecule has 1 heterocycles. The average molecular weight is 459 g/mol. The van der Waals surface area contributed by atoms with Crippen LogP contribution in [-0.2, 0) is 20.2 Å². The van der Waals surface area contributed by atoms with Gasteiger partial charge in [0, 0.05) is 11.1 Å². The molecule has 166 valence electrons. The minimum Gasteiger partial charge on any atom is -0.263 e. The largest absolute Gasteiger partial charge is 0.472 e. The number of hydrogen-bond donors (Lipinski definition) is 0. The fourth-order valence-corrected chi connectivity index (χ4v) is 4.95. The normalized spacial score (nSPS) is 17.3. The summed E-state index contributed by atoms with van der Waals surface area (Å²) in [5.41, 5.74) is -1.28. The molecule has 1 aliphatic rings. The molecule has 0 aromatic heterocycles. The first-order chi connectivity index (χ1) is 14.2. The highest BCUT2D eigenvalue weighted by atomic mass is 32.2. The summed E-state index contributed by atoms with van der Waals surface area (Å²) in [5.74, 6) is -2.64. The van der Waals surface area contributed by atoms with E-state index in [1.807, 2.05) is 20.8 Å². The number of carbonyl (C=O) groups is 1. The van der Waals surface area contributed by atoms with Crippen LogP contribution in [0.2, 0.25) is 0 Å². The zero-order valence-electron chi connectivity index (χ0n) is 16.7. The average Bonchev–Trinajstić information content (AvgIpc) is 2.71. The third kappa shape index (κ3) is 4.08. The summed E-state index contributed by atoms with van der Waals surface area (Å²) in [6.07, 6.45) is -8.06. The lowest BCUT2D eigenvalue weighted by molar-refractivity contribution is -0.169. The van der Waals surface area contributed by atoms with Crippen LogP contribution < -0.4 is 4.31 Å². The van der Waals surface area contributed by atoms with Crippen LogP contribution in [0.3, 0.4) is 0 Å². The Morgan fingerprint density at radius 2 is 1.61 bits per heavy atom. The number of nitrogens with zero attached hydrogens (tertiary/aromatic N) is 1. The van der Waals surface area contributed by atoms with Gasteiger partial charge in [0.1, 0.15) is 0 Å². The molecule has 31 heavy (non-hydrogen) atoms. The first kappa shape index (κ1) is 22.9. The van der Waals surface area contributed by atoms with Crippen molar-refractivity contribution >= 4 is 27.2 Å². The molecule has 0 bridgehead atoms. The van der Waals surface area contributed by atoms with Crippen molar-refractivity contribution in [1.82, 2.24) is 0 Å². The predicted molar refractivity (Wildman–Crippen MR) is 105 cm³/mol. The van der Waals surface area contributed by atoms with E-state index in [1.165, 1.54) is 30.3 Å². The highest BCUT2D eigenvalue weighted by Gasteiger charge is 2.50. The van der Waals surface area contributed by atoms with E-state index < -0.39 is 44.5 Å². The van der Waals surface area contributed by atoms with Gasteiger partial charge in [-0.1, -0.05) is 45.0 Å². The summed E-state index contributed by atoms with van der Waals surface area (Å²) in [6.45, 7) is 5.43. The highest BCUT2D eigenvalue weighted by Crippen LogP contribution is 2.44. The summed E-state index contributed by atoms with van der Waals surface area (Å²) in [5, 5.41) is 0. The molecule has 0 radical (unpaired) electrons. The Bertz CT molecular complexity index is 1180. The number of carbonyl (C=O) groups excluding carboxylic acids is 1. The fourth-order valence-electron chi connectivity index (χ4n) is 3.32. The number of halogens is 5. The molecule has 3 rings (SSSR count). The van der Waals surface area contributed by atoms with Gasteiger partial charge in [-0.25, -0.2) is 17.2 Å². The number of benzene rings is 2. The summed E-state index contributed by atoms with van der Waals surface area (Å²) >= 11 is 0. The number of amides is 1. The minimum absolute atomic E-state index is 0.197. The van der Waals surface area contributed by atoms with Gasteiger partial charge in [-0.05, 0) is 40.8 Å². The zero-order chi connectivity index (χ0) is 23.4. The van der Waals surface area contributed by atoms with Crippen LogP contribution in [0.4, 0.5) is 27.6 Å². The van der Waals surface area contributed by atoms with Gasteiger partial charge in [0.15, 0.2) is 0 Å². The van der Waals surface area contributed by atoms with E-state index in [-0.39, 0.29) is 21.0 Å². The Labute approximate surface area is 176 Å². The van der Waals surface area contributed by atoms with Crippen molar-refractivity contribution in [3.05, 3.63) is 65.2 Å². The van der Waals surface area contributed by atoms with Gasteiger partial charge in [-0.2, -0.15) is 17.5 Å². The van der Waals surface area contributed by atoms with Crippen molar-refractivity contribution in [1.29, 1.82) is 0 Å². The van der Waals surface area contributed by atoms with Crippen LogP contribution in [-0.4, -0.2) is 26.9 Å². The molecule has 1 amide bonds. The smallest absolute Gasteiger partial charge is 0.263 e. The quantitative estimate of drug-likeness (QED) is 0.546. The Hall–Kier alpha value is -2.75. The van der Waals surface area contributed by atoms with Crippen molar-refractivity contribution in [2.24, 2.45) is 0 Å². The van der Waals surface area contributed by atoms with Gasteiger partial charge in [0.25, 0.3) is 16.4 Å². The van der Waals surface area contributed by atoms with Crippen LogP contribution in [0.15, 0.2) is 53.4 Å². The first-order valence-corrected chi connectivity index (χ1v) is 10.5. The summed E-state index contributed by atoms with van der Waals surface area (Å²) in [6, 6.07) is 8.57. The molecule has 0 fully saturated rings. The topological polar surface area (TPSA) is 54.5 Å². The maximum Gasteiger partial charge on any atom is 0.472 e. The Kier molecular flexibility index (Phi) is 5.50. The SMILES string of the molecule is CC(C)(C)c1ccc2c(c1)/C(=C/C(F)F)c1ccccc1N(C(=O)C(F)(F)F)S2(=O)=O. The molecule has 10 heteroatoms.